The summed E-state index contributed by atoms with van der Waals surface area (Å²) in [5, 5.41) is 3.42. The standard InChI is InChI=1S/C14H19N3/c1-10-4-3-5-12-14(10)17(2)13(16-12)8-11-6-7-15-9-11/h3-5,11,15H,6-9H2,1-2H3. The van der Waals surface area contributed by atoms with Gasteiger partial charge in [-0.1, -0.05) is 12.1 Å². The average molecular weight is 229 g/mol. The van der Waals surface area contributed by atoms with Gasteiger partial charge in [0.05, 0.1) is 11.0 Å². The van der Waals surface area contributed by atoms with Gasteiger partial charge in [0.1, 0.15) is 5.82 Å². The molecule has 0 bridgehead atoms. The normalized spacial score (nSPS) is 20.2. The Kier molecular flexibility index (Phi) is 2.63. The van der Waals surface area contributed by atoms with Gasteiger partial charge in [0.15, 0.2) is 0 Å². The first-order chi connectivity index (χ1) is 8.25. The van der Waals surface area contributed by atoms with Gasteiger partial charge in [-0.05, 0) is 44.0 Å². The zero-order valence-electron chi connectivity index (χ0n) is 10.5. The number of hydrogen-bond donors (Lipinski definition) is 1. The van der Waals surface area contributed by atoms with Crippen LogP contribution >= 0.6 is 0 Å². The summed E-state index contributed by atoms with van der Waals surface area (Å²) in [5.41, 5.74) is 3.73. The number of imidazole rings is 1. The predicted octanol–water partition coefficient (Wildman–Crippen LogP) is 2.03. The van der Waals surface area contributed by atoms with Gasteiger partial charge in [0.25, 0.3) is 0 Å². The summed E-state index contributed by atoms with van der Waals surface area (Å²) in [7, 11) is 2.14. The van der Waals surface area contributed by atoms with Crippen LogP contribution in [-0.2, 0) is 13.5 Å². The lowest BCUT2D eigenvalue weighted by Gasteiger charge is -2.08. The van der Waals surface area contributed by atoms with Crippen molar-refractivity contribution in [3.05, 3.63) is 29.6 Å². The van der Waals surface area contributed by atoms with Crippen molar-refractivity contribution >= 4 is 11.0 Å². The van der Waals surface area contributed by atoms with E-state index in [-0.39, 0.29) is 0 Å². The highest BCUT2D eigenvalue weighted by Gasteiger charge is 2.18. The second-order valence-corrected chi connectivity index (χ2v) is 5.09. The van der Waals surface area contributed by atoms with E-state index >= 15 is 0 Å². The predicted molar refractivity (Wildman–Crippen MR) is 70.1 cm³/mol. The van der Waals surface area contributed by atoms with E-state index in [1.54, 1.807) is 0 Å². The lowest BCUT2D eigenvalue weighted by molar-refractivity contribution is 0.552. The third kappa shape index (κ3) is 1.84. The highest BCUT2D eigenvalue weighted by molar-refractivity contribution is 5.79. The minimum absolute atomic E-state index is 0.755. The van der Waals surface area contributed by atoms with Crippen LogP contribution in [0.1, 0.15) is 17.8 Å². The Morgan fingerprint density at radius 2 is 2.35 bits per heavy atom. The Labute approximate surface area is 102 Å². The number of aromatic nitrogens is 2. The fourth-order valence-electron chi connectivity index (χ4n) is 2.84. The van der Waals surface area contributed by atoms with Crippen LogP contribution in [0.15, 0.2) is 18.2 Å². The molecule has 0 aliphatic carbocycles. The third-order valence-electron chi connectivity index (χ3n) is 3.82. The number of nitrogens with one attached hydrogen (secondary N) is 1. The SMILES string of the molecule is Cc1cccc2nc(CC3CCNC3)n(C)c12. The van der Waals surface area contributed by atoms with Crippen LogP contribution in [0.5, 0.6) is 0 Å². The number of para-hydroxylation sites is 1. The number of rotatable bonds is 2. The summed E-state index contributed by atoms with van der Waals surface area (Å²) in [6.07, 6.45) is 2.37. The van der Waals surface area contributed by atoms with Gasteiger partial charge >= 0.3 is 0 Å². The van der Waals surface area contributed by atoms with Crippen molar-refractivity contribution in [3.8, 4) is 0 Å². The maximum Gasteiger partial charge on any atom is 0.109 e. The molecule has 1 aromatic carbocycles. The molecule has 2 heterocycles. The van der Waals surface area contributed by atoms with E-state index in [4.69, 9.17) is 4.98 Å². The summed E-state index contributed by atoms with van der Waals surface area (Å²) in [4.78, 5) is 4.77. The topological polar surface area (TPSA) is 29.9 Å². The highest BCUT2D eigenvalue weighted by Crippen LogP contribution is 2.21. The first-order valence-corrected chi connectivity index (χ1v) is 6.37. The third-order valence-corrected chi connectivity index (χ3v) is 3.82. The lowest BCUT2D eigenvalue weighted by Crippen LogP contribution is -2.12. The lowest BCUT2D eigenvalue weighted by atomic mass is 10.0. The number of benzene rings is 1. The molecule has 3 rings (SSSR count). The molecule has 1 aliphatic rings. The van der Waals surface area contributed by atoms with E-state index in [1.807, 2.05) is 0 Å². The molecule has 1 aliphatic heterocycles. The number of aryl methyl sites for hydroxylation is 2. The molecule has 1 fully saturated rings. The molecule has 1 aromatic heterocycles. The summed E-state index contributed by atoms with van der Waals surface area (Å²) in [5.74, 6) is 1.98. The number of fused-ring (bicyclic) bond motifs is 1. The fourth-order valence-corrected chi connectivity index (χ4v) is 2.84. The van der Waals surface area contributed by atoms with E-state index in [1.165, 1.54) is 23.3 Å². The van der Waals surface area contributed by atoms with Crippen molar-refractivity contribution in [1.29, 1.82) is 0 Å². The first-order valence-electron chi connectivity index (χ1n) is 6.37. The summed E-state index contributed by atoms with van der Waals surface area (Å²) in [6, 6.07) is 6.36. The molecule has 3 nitrogen and oxygen atoms in total. The summed E-state index contributed by atoms with van der Waals surface area (Å²) in [6.45, 7) is 4.46. The second kappa shape index (κ2) is 4.15. The van der Waals surface area contributed by atoms with E-state index in [9.17, 15) is 0 Å². The van der Waals surface area contributed by atoms with Crippen molar-refractivity contribution < 1.29 is 0 Å². The molecule has 1 N–H and O–H groups in total. The molecule has 3 heteroatoms. The Hall–Kier alpha value is -1.35. The van der Waals surface area contributed by atoms with Crippen LogP contribution < -0.4 is 5.32 Å². The van der Waals surface area contributed by atoms with Crippen LogP contribution in [0.25, 0.3) is 11.0 Å². The Morgan fingerprint density at radius 1 is 1.47 bits per heavy atom. The smallest absolute Gasteiger partial charge is 0.109 e. The molecule has 1 unspecified atom stereocenters. The quantitative estimate of drug-likeness (QED) is 0.854. The summed E-state index contributed by atoms with van der Waals surface area (Å²) < 4.78 is 2.27. The molecule has 0 saturated carbocycles. The van der Waals surface area contributed by atoms with Crippen LogP contribution in [0, 0.1) is 12.8 Å². The molecule has 0 amide bonds. The van der Waals surface area contributed by atoms with Gasteiger partial charge in [0, 0.05) is 13.5 Å². The molecule has 0 spiro atoms. The fraction of sp³-hybridized carbons (Fsp3) is 0.500. The van der Waals surface area contributed by atoms with Crippen LogP contribution in [0.2, 0.25) is 0 Å². The minimum atomic E-state index is 0.755. The zero-order valence-corrected chi connectivity index (χ0v) is 10.5. The maximum atomic E-state index is 4.77. The van der Waals surface area contributed by atoms with E-state index in [0.29, 0.717) is 0 Å². The Balaban J connectivity index is 1.99. The average Bonchev–Trinajstić information content (AvgIpc) is 2.90. The summed E-state index contributed by atoms with van der Waals surface area (Å²) >= 11 is 0. The van der Waals surface area contributed by atoms with Crippen molar-refractivity contribution in [2.75, 3.05) is 13.1 Å². The first kappa shape index (κ1) is 10.8. The van der Waals surface area contributed by atoms with Crippen molar-refractivity contribution in [1.82, 2.24) is 14.9 Å². The van der Waals surface area contributed by atoms with Gasteiger partial charge < -0.3 is 9.88 Å². The molecule has 2 aromatic rings. The number of nitrogens with zero attached hydrogens (tertiary/aromatic N) is 2. The van der Waals surface area contributed by atoms with E-state index in [0.717, 1.165) is 30.9 Å². The molecule has 1 atom stereocenters. The van der Waals surface area contributed by atoms with Crippen LogP contribution in [0.4, 0.5) is 0 Å². The van der Waals surface area contributed by atoms with Crippen molar-refractivity contribution in [2.24, 2.45) is 13.0 Å². The molecule has 17 heavy (non-hydrogen) atoms. The van der Waals surface area contributed by atoms with E-state index in [2.05, 4.69) is 42.1 Å². The van der Waals surface area contributed by atoms with Gasteiger partial charge in [0.2, 0.25) is 0 Å². The molecular weight excluding hydrogens is 210 g/mol. The van der Waals surface area contributed by atoms with Crippen molar-refractivity contribution in [2.45, 2.75) is 19.8 Å². The van der Waals surface area contributed by atoms with Gasteiger partial charge in [-0.15, -0.1) is 0 Å². The zero-order chi connectivity index (χ0) is 11.8. The van der Waals surface area contributed by atoms with Crippen LogP contribution in [0.3, 0.4) is 0 Å². The second-order valence-electron chi connectivity index (χ2n) is 5.09. The van der Waals surface area contributed by atoms with E-state index < -0.39 is 0 Å². The maximum absolute atomic E-state index is 4.77. The number of hydrogen-bond acceptors (Lipinski definition) is 2. The van der Waals surface area contributed by atoms with Gasteiger partial charge in [-0.3, -0.25) is 0 Å². The Morgan fingerprint density at radius 3 is 3.06 bits per heavy atom. The monoisotopic (exact) mass is 229 g/mol. The molecular formula is C14H19N3. The molecule has 90 valence electrons. The highest BCUT2D eigenvalue weighted by atomic mass is 15.1. The largest absolute Gasteiger partial charge is 0.331 e. The minimum Gasteiger partial charge on any atom is -0.331 e. The van der Waals surface area contributed by atoms with Crippen LogP contribution in [-0.4, -0.2) is 22.6 Å². The molecule has 1 saturated heterocycles. The Bertz CT molecular complexity index is 536. The molecule has 0 radical (unpaired) electrons. The van der Waals surface area contributed by atoms with Gasteiger partial charge in [-0.25, -0.2) is 4.98 Å². The van der Waals surface area contributed by atoms with Gasteiger partial charge in [-0.2, -0.15) is 0 Å². The van der Waals surface area contributed by atoms with Crippen molar-refractivity contribution in [3.63, 3.8) is 0 Å².